The number of amides is 2. The van der Waals surface area contributed by atoms with E-state index in [-0.39, 0.29) is 12.5 Å². The Morgan fingerprint density at radius 2 is 1.63 bits per heavy atom. The Hall–Kier alpha value is -1.78. The van der Waals surface area contributed by atoms with Gasteiger partial charge in [-0.25, -0.2) is 4.79 Å². The van der Waals surface area contributed by atoms with Crippen LogP contribution in [0.2, 0.25) is 0 Å². The van der Waals surface area contributed by atoms with E-state index in [9.17, 15) is 9.59 Å². The number of urea groups is 1. The van der Waals surface area contributed by atoms with Gasteiger partial charge >= 0.3 is 12.0 Å². The van der Waals surface area contributed by atoms with Crippen molar-refractivity contribution in [1.29, 1.82) is 0 Å². The lowest BCUT2D eigenvalue weighted by Gasteiger charge is -2.19. The Balaban J connectivity index is 3.63. The van der Waals surface area contributed by atoms with Crippen molar-refractivity contribution in [3.8, 4) is 0 Å². The highest BCUT2D eigenvalue weighted by Crippen LogP contribution is 2.02. The summed E-state index contributed by atoms with van der Waals surface area (Å²) in [6.45, 7) is 8.81. The number of carboxylic acid groups (broad SMARTS) is 1. The van der Waals surface area contributed by atoms with E-state index >= 15 is 0 Å². The van der Waals surface area contributed by atoms with Crippen molar-refractivity contribution >= 4 is 12.0 Å². The minimum Gasteiger partial charge on any atom is -0.481 e. The second-order valence-electron chi connectivity index (χ2n) is 4.27. The van der Waals surface area contributed by atoms with Crippen LogP contribution in [-0.2, 0) is 4.79 Å². The van der Waals surface area contributed by atoms with Crippen LogP contribution in [0.5, 0.6) is 0 Å². The fourth-order valence-electron chi connectivity index (χ4n) is 1.61. The molecule has 0 rings (SSSR count). The number of carbonyl (C=O) groups is 2. The van der Waals surface area contributed by atoms with Crippen LogP contribution in [0.1, 0.15) is 32.1 Å². The van der Waals surface area contributed by atoms with Gasteiger partial charge in [-0.15, -0.1) is 13.2 Å². The Labute approximate surface area is 115 Å². The van der Waals surface area contributed by atoms with Crippen LogP contribution in [0.15, 0.2) is 25.3 Å². The van der Waals surface area contributed by atoms with Crippen LogP contribution in [0, 0.1) is 0 Å². The van der Waals surface area contributed by atoms with Gasteiger partial charge in [-0.2, -0.15) is 0 Å². The average Bonchev–Trinajstić information content (AvgIpc) is 2.36. The van der Waals surface area contributed by atoms with Crippen molar-refractivity contribution in [3.05, 3.63) is 25.3 Å². The summed E-state index contributed by atoms with van der Waals surface area (Å²) < 4.78 is 0. The normalized spacial score (nSPS) is 9.68. The monoisotopic (exact) mass is 268 g/mol. The molecule has 0 fully saturated rings. The highest BCUT2D eigenvalue weighted by atomic mass is 16.4. The zero-order valence-corrected chi connectivity index (χ0v) is 11.4. The number of unbranched alkanes of at least 4 members (excludes halogenated alkanes) is 3. The second-order valence-corrected chi connectivity index (χ2v) is 4.27. The molecule has 5 nitrogen and oxygen atoms in total. The van der Waals surface area contributed by atoms with Crippen LogP contribution < -0.4 is 5.32 Å². The number of carboxylic acids is 1. The van der Waals surface area contributed by atoms with Gasteiger partial charge in [0.05, 0.1) is 0 Å². The van der Waals surface area contributed by atoms with Gasteiger partial charge in [0.2, 0.25) is 0 Å². The molecule has 0 bridgehead atoms. The topological polar surface area (TPSA) is 69.6 Å². The number of aliphatic carboxylic acids is 1. The summed E-state index contributed by atoms with van der Waals surface area (Å²) in [5, 5.41) is 11.3. The Bertz CT molecular complexity index is 293. The SMILES string of the molecule is C=CCN(CC=C)C(=O)NCCCCCCC(=O)O. The molecule has 2 N–H and O–H groups in total. The Morgan fingerprint density at radius 1 is 1.05 bits per heavy atom. The molecule has 0 heterocycles. The molecule has 0 aromatic carbocycles. The molecule has 5 heteroatoms. The molecule has 0 saturated heterocycles. The van der Waals surface area contributed by atoms with Crippen molar-refractivity contribution in [2.45, 2.75) is 32.1 Å². The van der Waals surface area contributed by atoms with Gasteiger partial charge in [-0.1, -0.05) is 25.0 Å². The first kappa shape index (κ1) is 17.2. The smallest absolute Gasteiger partial charge is 0.317 e. The maximum atomic E-state index is 11.7. The fourth-order valence-corrected chi connectivity index (χ4v) is 1.61. The van der Waals surface area contributed by atoms with Crippen molar-refractivity contribution in [2.75, 3.05) is 19.6 Å². The number of hydrogen-bond acceptors (Lipinski definition) is 2. The summed E-state index contributed by atoms with van der Waals surface area (Å²) in [7, 11) is 0. The molecule has 19 heavy (non-hydrogen) atoms. The third-order valence-electron chi connectivity index (χ3n) is 2.58. The molecule has 0 aliphatic heterocycles. The van der Waals surface area contributed by atoms with Crippen molar-refractivity contribution in [3.63, 3.8) is 0 Å². The third kappa shape index (κ3) is 9.88. The van der Waals surface area contributed by atoms with E-state index in [1.54, 1.807) is 17.1 Å². The van der Waals surface area contributed by atoms with Gasteiger partial charge in [-0.05, 0) is 12.8 Å². The lowest BCUT2D eigenvalue weighted by atomic mass is 10.1. The summed E-state index contributed by atoms with van der Waals surface area (Å²) in [5.74, 6) is -0.752. The number of rotatable bonds is 11. The molecule has 0 aromatic heterocycles. The summed E-state index contributed by atoms with van der Waals surface area (Å²) in [4.78, 5) is 23.7. The maximum Gasteiger partial charge on any atom is 0.317 e. The van der Waals surface area contributed by atoms with Crippen LogP contribution >= 0.6 is 0 Å². The molecule has 2 amide bonds. The molecule has 0 radical (unpaired) electrons. The van der Waals surface area contributed by atoms with E-state index in [1.807, 2.05) is 0 Å². The quantitative estimate of drug-likeness (QED) is 0.446. The van der Waals surface area contributed by atoms with Crippen molar-refractivity contribution in [2.24, 2.45) is 0 Å². The molecule has 108 valence electrons. The fraction of sp³-hybridized carbons (Fsp3) is 0.571. The summed E-state index contributed by atoms with van der Waals surface area (Å²) in [5.41, 5.74) is 0. The molecular formula is C14H24N2O3. The summed E-state index contributed by atoms with van der Waals surface area (Å²) >= 11 is 0. The molecule has 0 aliphatic carbocycles. The highest BCUT2D eigenvalue weighted by Gasteiger charge is 2.08. The average molecular weight is 268 g/mol. The summed E-state index contributed by atoms with van der Waals surface area (Å²) in [6.07, 6.45) is 6.94. The molecule has 0 spiro atoms. The van der Waals surface area contributed by atoms with E-state index in [2.05, 4.69) is 18.5 Å². The Morgan fingerprint density at radius 3 is 2.16 bits per heavy atom. The molecule has 0 saturated carbocycles. The van der Waals surface area contributed by atoms with E-state index in [0.29, 0.717) is 26.1 Å². The van der Waals surface area contributed by atoms with Crippen LogP contribution in [0.25, 0.3) is 0 Å². The van der Waals surface area contributed by atoms with Gasteiger partial charge in [-0.3, -0.25) is 4.79 Å². The minimum atomic E-state index is -0.752. The lowest BCUT2D eigenvalue weighted by Crippen LogP contribution is -2.40. The van der Waals surface area contributed by atoms with Gasteiger partial charge in [0.1, 0.15) is 0 Å². The first-order valence-electron chi connectivity index (χ1n) is 6.58. The highest BCUT2D eigenvalue weighted by molar-refractivity contribution is 5.74. The van der Waals surface area contributed by atoms with Crippen LogP contribution in [-0.4, -0.2) is 41.6 Å². The van der Waals surface area contributed by atoms with Crippen molar-refractivity contribution in [1.82, 2.24) is 10.2 Å². The standard InChI is InChI=1S/C14H24N2O3/c1-3-11-16(12-4-2)14(19)15-10-8-6-5-7-9-13(17)18/h3-4H,1-2,5-12H2,(H,15,19)(H,17,18). The lowest BCUT2D eigenvalue weighted by molar-refractivity contribution is -0.137. The van der Waals surface area contributed by atoms with Gasteiger partial charge < -0.3 is 15.3 Å². The number of hydrogen-bond donors (Lipinski definition) is 2. The minimum absolute atomic E-state index is 0.120. The molecule has 0 aromatic rings. The van der Waals surface area contributed by atoms with Gasteiger partial charge in [0.25, 0.3) is 0 Å². The zero-order chi connectivity index (χ0) is 14.5. The third-order valence-corrected chi connectivity index (χ3v) is 2.58. The predicted molar refractivity (Wildman–Crippen MR) is 76.1 cm³/mol. The van der Waals surface area contributed by atoms with E-state index in [0.717, 1.165) is 19.3 Å². The number of carbonyl (C=O) groups excluding carboxylic acids is 1. The van der Waals surface area contributed by atoms with Crippen LogP contribution in [0.3, 0.4) is 0 Å². The molecule has 0 aliphatic rings. The molecule has 0 atom stereocenters. The second kappa shape index (κ2) is 11.3. The first-order chi connectivity index (χ1) is 9.11. The molecule has 0 unspecified atom stereocenters. The van der Waals surface area contributed by atoms with Gasteiger partial charge in [0.15, 0.2) is 0 Å². The number of nitrogens with one attached hydrogen (secondary N) is 1. The molecular weight excluding hydrogens is 244 g/mol. The van der Waals surface area contributed by atoms with E-state index in [4.69, 9.17) is 5.11 Å². The van der Waals surface area contributed by atoms with Crippen molar-refractivity contribution < 1.29 is 14.7 Å². The Kier molecular flexibility index (Phi) is 10.3. The first-order valence-corrected chi connectivity index (χ1v) is 6.58. The zero-order valence-electron chi connectivity index (χ0n) is 11.4. The van der Waals surface area contributed by atoms with E-state index in [1.165, 1.54) is 0 Å². The van der Waals surface area contributed by atoms with E-state index < -0.39 is 5.97 Å². The maximum absolute atomic E-state index is 11.7. The number of nitrogens with zero attached hydrogens (tertiary/aromatic N) is 1. The largest absolute Gasteiger partial charge is 0.481 e. The summed E-state index contributed by atoms with van der Waals surface area (Å²) in [6, 6.07) is -0.120. The van der Waals surface area contributed by atoms with Gasteiger partial charge in [0, 0.05) is 26.1 Å². The predicted octanol–water partition coefficient (Wildman–Crippen LogP) is 2.41. The van der Waals surface area contributed by atoms with Crippen LogP contribution in [0.4, 0.5) is 4.79 Å².